The zero-order valence-electron chi connectivity index (χ0n) is 22.8. The second kappa shape index (κ2) is 13.4. The number of hydrogen-bond acceptors (Lipinski definition) is 8. The van der Waals surface area contributed by atoms with Crippen molar-refractivity contribution in [3.8, 4) is 17.2 Å². The lowest BCUT2D eigenvalue weighted by molar-refractivity contribution is -0.258. The van der Waals surface area contributed by atoms with Crippen LogP contribution in [0, 0.1) is 5.41 Å². The molecule has 3 aromatic rings. The minimum Gasteiger partial charge on any atom is -0.497 e. The molecule has 1 aliphatic heterocycles. The lowest BCUT2D eigenvalue weighted by Gasteiger charge is -2.41. The number of rotatable bonds is 11. The Morgan fingerprint density at radius 2 is 1.65 bits per heavy atom. The van der Waals surface area contributed by atoms with Crippen LogP contribution in [-0.2, 0) is 25.6 Å². The SMILES string of the molecule is COc1ccc(C2OCC(C)(C)[C@H](C(=O)NCCC(O)C(=O)NCc3ccc(Oc4ccncc4)cc3)O2)cc1. The highest BCUT2D eigenvalue weighted by Gasteiger charge is 2.43. The number of carbonyl (C=O) groups excluding carboxylic acids is 2. The summed E-state index contributed by atoms with van der Waals surface area (Å²) in [7, 11) is 1.59. The van der Waals surface area contributed by atoms with Crippen LogP contribution >= 0.6 is 0 Å². The third-order valence-corrected chi connectivity index (χ3v) is 6.50. The maximum absolute atomic E-state index is 13.0. The molecule has 40 heavy (non-hydrogen) atoms. The summed E-state index contributed by atoms with van der Waals surface area (Å²) < 4.78 is 22.8. The van der Waals surface area contributed by atoms with Crippen molar-refractivity contribution in [2.24, 2.45) is 5.41 Å². The van der Waals surface area contributed by atoms with Crippen molar-refractivity contribution in [1.29, 1.82) is 0 Å². The van der Waals surface area contributed by atoms with Crippen molar-refractivity contribution < 1.29 is 33.6 Å². The van der Waals surface area contributed by atoms with E-state index in [1.165, 1.54) is 0 Å². The van der Waals surface area contributed by atoms with Gasteiger partial charge in [0.05, 0.1) is 13.7 Å². The molecular weight excluding hydrogens is 514 g/mol. The van der Waals surface area contributed by atoms with Gasteiger partial charge in [-0.15, -0.1) is 0 Å². The van der Waals surface area contributed by atoms with E-state index in [-0.39, 0.29) is 25.4 Å². The molecule has 10 heteroatoms. The van der Waals surface area contributed by atoms with Gasteiger partial charge in [0.25, 0.3) is 0 Å². The van der Waals surface area contributed by atoms with E-state index < -0.39 is 29.8 Å². The molecule has 1 fully saturated rings. The Hall–Kier alpha value is -3.99. The van der Waals surface area contributed by atoms with E-state index >= 15 is 0 Å². The number of aliphatic hydroxyl groups excluding tert-OH is 1. The summed E-state index contributed by atoms with van der Waals surface area (Å²) in [5.41, 5.74) is 1.06. The number of ether oxygens (including phenoxy) is 4. The fourth-order valence-corrected chi connectivity index (χ4v) is 4.15. The number of amides is 2. The average molecular weight is 550 g/mol. The zero-order chi connectivity index (χ0) is 28.5. The Morgan fingerprint density at radius 3 is 2.33 bits per heavy atom. The van der Waals surface area contributed by atoms with Gasteiger partial charge in [0.15, 0.2) is 6.29 Å². The number of aromatic nitrogens is 1. The number of methoxy groups -OCH3 is 1. The first-order valence-corrected chi connectivity index (χ1v) is 13.1. The third kappa shape index (κ3) is 7.78. The minimum atomic E-state index is -1.27. The first-order chi connectivity index (χ1) is 19.2. The molecule has 0 spiro atoms. The van der Waals surface area contributed by atoms with Crippen molar-refractivity contribution in [2.45, 2.75) is 45.3 Å². The largest absolute Gasteiger partial charge is 0.497 e. The fraction of sp³-hybridized carbons (Fsp3) is 0.367. The van der Waals surface area contributed by atoms with Crippen molar-refractivity contribution >= 4 is 11.8 Å². The summed E-state index contributed by atoms with van der Waals surface area (Å²) in [6.45, 7) is 4.46. The van der Waals surface area contributed by atoms with Gasteiger partial charge in [0, 0.05) is 36.5 Å². The molecule has 1 aromatic heterocycles. The van der Waals surface area contributed by atoms with Gasteiger partial charge in [-0.25, -0.2) is 0 Å². The maximum Gasteiger partial charge on any atom is 0.249 e. The van der Waals surface area contributed by atoms with E-state index in [0.29, 0.717) is 23.9 Å². The van der Waals surface area contributed by atoms with Crippen LogP contribution in [0.5, 0.6) is 17.2 Å². The van der Waals surface area contributed by atoms with Gasteiger partial charge in [-0.3, -0.25) is 14.6 Å². The van der Waals surface area contributed by atoms with E-state index in [0.717, 1.165) is 11.1 Å². The van der Waals surface area contributed by atoms with Crippen molar-refractivity contribution in [2.75, 3.05) is 20.3 Å². The van der Waals surface area contributed by atoms with Crippen LogP contribution in [0.15, 0.2) is 73.1 Å². The number of pyridine rings is 1. The predicted molar refractivity (Wildman–Crippen MR) is 147 cm³/mol. The summed E-state index contributed by atoms with van der Waals surface area (Å²) in [6.07, 6.45) is 0.614. The molecule has 1 saturated heterocycles. The van der Waals surface area contributed by atoms with Crippen molar-refractivity contribution in [1.82, 2.24) is 15.6 Å². The first kappa shape index (κ1) is 29.0. The lowest BCUT2D eigenvalue weighted by Crippen LogP contribution is -2.52. The highest BCUT2D eigenvalue weighted by Crippen LogP contribution is 2.37. The van der Waals surface area contributed by atoms with Crippen LogP contribution < -0.4 is 20.1 Å². The monoisotopic (exact) mass is 549 g/mol. The molecule has 2 unspecified atom stereocenters. The van der Waals surface area contributed by atoms with Gasteiger partial charge in [-0.2, -0.15) is 0 Å². The quantitative estimate of drug-likeness (QED) is 0.332. The van der Waals surface area contributed by atoms with Gasteiger partial charge in [0.1, 0.15) is 29.5 Å². The molecule has 2 heterocycles. The number of nitrogens with zero attached hydrogens (tertiary/aromatic N) is 1. The van der Waals surface area contributed by atoms with Gasteiger partial charge in [-0.05, 0) is 48.4 Å². The Labute approximate surface area is 233 Å². The van der Waals surface area contributed by atoms with E-state index in [1.54, 1.807) is 55.9 Å². The van der Waals surface area contributed by atoms with E-state index in [2.05, 4.69) is 15.6 Å². The molecule has 2 aromatic carbocycles. The van der Waals surface area contributed by atoms with Gasteiger partial charge in [0.2, 0.25) is 11.8 Å². The lowest BCUT2D eigenvalue weighted by atomic mass is 9.85. The Balaban J connectivity index is 1.20. The normalized spacial score (nSPS) is 18.8. The summed E-state index contributed by atoms with van der Waals surface area (Å²) in [4.78, 5) is 29.3. The van der Waals surface area contributed by atoms with Crippen LogP contribution in [0.3, 0.4) is 0 Å². The fourth-order valence-electron chi connectivity index (χ4n) is 4.15. The van der Waals surface area contributed by atoms with Crippen LogP contribution in [0.2, 0.25) is 0 Å². The predicted octanol–water partition coefficient (Wildman–Crippen LogP) is 3.51. The maximum atomic E-state index is 13.0. The highest BCUT2D eigenvalue weighted by molar-refractivity contribution is 5.82. The van der Waals surface area contributed by atoms with Gasteiger partial charge < -0.3 is 34.7 Å². The molecule has 10 nitrogen and oxygen atoms in total. The molecule has 0 bridgehead atoms. The molecule has 1 aliphatic rings. The average Bonchev–Trinajstić information content (AvgIpc) is 2.97. The van der Waals surface area contributed by atoms with Gasteiger partial charge >= 0.3 is 0 Å². The van der Waals surface area contributed by atoms with Crippen LogP contribution in [0.1, 0.15) is 37.7 Å². The zero-order valence-corrected chi connectivity index (χ0v) is 22.8. The number of hydrogen-bond donors (Lipinski definition) is 3. The third-order valence-electron chi connectivity index (χ3n) is 6.50. The molecule has 0 radical (unpaired) electrons. The second-order valence-electron chi connectivity index (χ2n) is 10.2. The highest BCUT2D eigenvalue weighted by atomic mass is 16.7. The molecule has 4 rings (SSSR count). The topological polar surface area (TPSA) is 128 Å². The number of carbonyl (C=O) groups is 2. The second-order valence-corrected chi connectivity index (χ2v) is 10.2. The molecular formula is C30H35N3O7. The van der Waals surface area contributed by atoms with E-state index in [1.807, 2.05) is 38.1 Å². The molecule has 0 aliphatic carbocycles. The number of aliphatic hydroxyl groups is 1. The summed E-state index contributed by atoms with van der Waals surface area (Å²) >= 11 is 0. The summed E-state index contributed by atoms with van der Waals surface area (Å²) in [5, 5.41) is 15.8. The Morgan fingerprint density at radius 1 is 1.00 bits per heavy atom. The van der Waals surface area contributed by atoms with Crippen LogP contribution in [0.25, 0.3) is 0 Å². The minimum absolute atomic E-state index is 0.0574. The Kier molecular flexibility index (Phi) is 9.70. The smallest absolute Gasteiger partial charge is 0.249 e. The number of nitrogens with one attached hydrogen (secondary N) is 2. The summed E-state index contributed by atoms with van der Waals surface area (Å²) in [6, 6.07) is 18.0. The van der Waals surface area contributed by atoms with Crippen molar-refractivity contribution in [3.63, 3.8) is 0 Å². The Bertz CT molecular complexity index is 1250. The van der Waals surface area contributed by atoms with Crippen molar-refractivity contribution in [3.05, 3.63) is 84.2 Å². The molecule has 0 saturated carbocycles. The van der Waals surface area contributed by atoms with Crippen LogP contribution in [0.4, 0.5) is 0 Å². The summed E-state index contributed by atoms with van der Waals surface area (Å²) in [5.74, 6) is 1.20. The molecule has 212 valence electrons. The molecule has 3 atom stereocenters. The molecule has 2 amide bonds. The standard InChI is InChI=1S/C30H35N3O7/c1-30(2)19-38-29(21-6-10-22(37-3)11-7-21)40-26(30)28(36)32-17-14-25(34)27(35)33-18-20-4-8-23(9-5-20)39-24-12-15-31-16-13-24/h4-13,15-16,25-26,29,34H,14,17-19H2,1-3H3,(H,32,36)(H,33,35)/t25?,26-,29?/m0/s1. The van der Waals surface area contributed by atoms with Crippen LogP contribution in [-0.4, -0.2) is 54.4 Å². The first-order valence-electron chi connectivity index (χ1n) is 13.1. The van der Waals surface area contributed by atoms with E-state index in [9.17, 15) is 14.7 Å². The van der Waals surface area contributed by atoms with Gasteiger partial charge in [-0.1, -0.05) is 38.1 Å². The molecule has 3 N–H and O–H groups in total. The number of benzene rings is 2. The van der Waals surface area contributed by atoms with E-state index in [4.69, 9.17) is 18.9 Å².